The summed E-state index contributed by atoms with van der Waals surface area (Å²) in [6, 6.07) is 3.00. The van der Waals surface area contributed by atoms with E-state index in [-0.39, 0.29) is 0 Å². The van der Waals surface area contributed by atoms with Crippen LogP contribution in [-0.4, -0.2) is 24.5 Å². The van der Waals surface area contributed by atoms with Crippen molar-refractivity contribution in [3.05, 3.63) is 0 Å². The summed E-state index contributed by atoms with van der Waals surface area (Å²) in [5, 5.41) is 8.46. The number of nitrogens with zero attached hydrogens (tertiary/aromatic N) is 2. The molecule has 0 bridgehead atoms. The van der Waals surface area contributed by atoms with Crippen LogP contribution in [0.5, 0.6) is 0 Å². The summed E-state index contributed by atoms with van der Waals surface area (Å²) in [5.74, 6) is 0.861. The van der Waals surface area contributed by atoms with Gasteiger partial charge >= 0.3 is 0 Å². The molecule has 0 radical (unpaired) electrons. The Labute approximate surface area is 94.3 Å². The molecule has 0 spiro atoms. The van der Waals surface area contributed by atoms with Crippen molar-refractivity contribution in [2.75, 3.05) is 13.6 Å². The topological polar surface area (TPSA) is 27.0 Å². The van der Waals surface area contributed by atoms with Crippen LogP contribution >= 0.6 is 0 Å². The summed E-state index contributed by atoms with van der Waals surface area (Å²) in [6.07, 6.45) is 8.53. The molecule has 2 atom stereocenters. The summed E-state index contributed by atoms with van der Waals surface area (Å²) >= 11 is 0. The molecule has 0 aromatic rings. The van der Waals surface area contributed by atoms with Crippen LogP contribution < -0.4 is 0 Å². The number of unbranched alkanes of at least 4 members (excludes halogenated alkanes) is 2. The number of rotatable bonds is 5. The van der Waals surface area contributed by atoms with Gasteiger partial charge in [0, 0.05) is 12.5 Å². The Morgan fingerprint density at radius 2 is 2.00 bits per heavy atom. The van der Waals surface area contributed by atoms with Gasteiger partial charge in [-0.2, -0.15) is 5.26 Å². The molecule has 0 N–H and O–H groups in total. The molecule has 2 heteroatoms. The van der Waals surface area contributed by atoms with Crippen molar-refractivity contribution >= 4 is 0 Å². The van der Waals surface area contributed by atoms with Crippen molar-refractivity contribution in [3.63, 3.8) is 0 Å². The van der Waals surface area contributed by atoms with E-state index in [0.717, 1.165) is 24.9 Å². The molecular formula is C13H24N2. The predicted octanol–water partition coefficient (Wildman–Crippen LogP) is 3.19. The molecule has 1 rings (SSSR count). The van der Waals surface area contributed by atoms with Crippen molar-refractivity contribution < 1.29 is 0 Å². The summed E-state index contributed by atoms with van der Waals surface area (Å²) in [7, 11) is 2.25. The van der Waals surface area contributed by atoms with Gasteiger partial charge < -0.3 is 4.90 Å². The van der Waals surface area contributed by atoms with Crippen LogP contribution in [0.1, 0.15) is 51.9 Å². The highest BCUT2D eigenvalue weighted by Crippen LogP contribution is 2.27. The minimum Gasteiger partial charge on any atom is -0.303 e. The molecule has 15 heavy (non-hydrogen) atoms. The van der Waals surface area contributed by atoms with Crippen LogP contribution in [0.2, 0.25) is 0 Å². The Balaban J connectivity index is 2.20. The van der Waals surface area contributed by atoms with Gasteiger partial charge in [-0.25, -0.2) is 0 Å². The first-order valence-electron chi connectivity index (χ1n) is 6.33. The molecule has 1 aliphatic carbocycles. The molecule has 86 valence electrons. The van der Waals surface area contributed by atoms with Gasteiger partial charge in [-0.1, -0.05) is 19.8 Å². The minimum absolute atomic E-state index is 0.716. The van der Waals surface area contributed by atoms with Crippen molar-refractivity contribution in [3.8, 4) is 6.07 Å². The Hall–Kier alpha value is -0.550. The van der Waals surface area contributed by atoms with E-state index in [4.69, 9.17) is 5.26 Å². The van der Waals surface area contributed by atoms with Crippen LogP contribution in [0.4, 0.5) is 0 Å². The van der Waals surface area contributed by atoms with E-state index in [9.17, 15) is 0 Å². The predicted molar refractivity (Wildman–Crippen MR) is 63.5 cm³/mol. The smallest absolute Gasteiger partial charge is 0.0621 e. The first-order valence-corrected chi connectivity index (χ1v) is 6.33. The lowest BCUT2D eigenvalue weighted by molar-refractivity contribution is 0.138. The second-order valence-electron chi connectivity index (χ2n) is 4.92. The van der Waals surface area contributed by atoms with E-state index in [2.05, 4.69) is 24.9 Å². The normalized spacial score (nSPS) is 26.5. The fourth-order valence-corrected chi connectivity index (χ4v) is 2.68. The zero-order valence-corrected chi connectivity index (χ0v) is 10.2. The largest absolute Gasteiger partial charge is 0.303 e. The maximum atomic E-state index is 8.46. The second-order valence-corrected chi connectivity index (χ2v) is 4.92. The molecule has 0 aromatic carbocycles. The molecule has 0 aromatic heterocycles. The molecule has 2 nitrogen and oxygen atoms in total. The van der Waals surface area contributed by atoms with Crippen LogP contribution in [0.25, 0.3) is 0 Å². The Bertz CT molecular complexity index is 207. The maximum absolute atomic E-state index is 8.46. The average Bonchev–Trinajstić information content (AvgIpc) is 2.25. The number of nitriles is 1. The third-order valence-corrected chi connectivity index (χ3v) is 3.68. The van der Waals surface area contributed by atoms with E-state index < -0.39 is 0 Å². The second kappa shape index (κ2) is 6.85. The monoisotopic (exact) mass is 208 g/mol. The van der Waals surface area contributed by atoms with Gasteiger partial charge in [0.05, 0.1) is 6.07 Å². The maximum Gasteiger partial charge on any atom is 0.0621 e. The first kappa shape index (κ1) is 12.5. The van der Waals surface area contributed by atoms with Gasteiger partial charge in [0.1, 0.15) is 0 Å². The Kier molecular flexibility index (Phi) is 5.71. The highest BCUT2D eigenvalue weighted by molar-refractivity contribution is 4.79. The molecule has 0 amide bonds. The van der Waals surface area contributed by atoms with Gasteiger partial charge in [-0.05, 0) is 45.2 Å². The highest BCUT2D eigenvalue weighted by atomic mass is 15.1. The summed E-state index contributed by atoms with van der Waals surface area (Å²) in [4.78, 5) is 2.52. The van der Waals surface area contributed by atoms with Crippen LogP contribution in [0, 0.1) is 17.2 Å². The van der Waals surface area contributed by atoms with E-state index in [0.29, 0.717) is 6.42 Å². The molecular weight excluding hydrogens is 184 g/mol. The third kappa shape index (κ3) is 4.22. The van der Waals surface area contributed by atoms with Crippen molar-refractivity contribution in [1.29, 1.82) is 5.26 Å². The van der Waals surface area contributed by atoms with Gasteiger partial charge in [0.2, 0.25) is 0 Å². The zero-order valence-electron chi connectivity index (χ0n) is 10.2. The number of hydrogen-bond donors (Lipinski definition) is 0. The van der Waals surface area contributed by atoms with Crippen LogP contribution in [0.15, 0.2) is 0 Å². The van der Waals surface area contributed by atoms with E-state index >= 15 is 0 Å². The lowest BCUT2D eigenvalue weighted by Crippen LogP contribution is -2.39. The number of hydrogen-bond acceptors (Lipinski definition) is 2. The molecule has 0 saturated heterocycles. The molecule has 0 heterocycles. The van der Waals surface area contributed by atoms with Crippen LogP contribution in [0.3, 0.4) is 0 Å². The fraction of sp³-hybridized carbons (Fsp3) is 0.923. The van der Waals surface area contributed by atoms with E-state index in [1.54, 1.807) is 0 Å². The van der Waals surface area contributed by atoms with Gasteiger partial charge in [0.15, 0.2) is 0 Å². The molecule has 1 saturated carbocycles. The molecule has 1 aliphatic rings. The molecule has 0 aliphatic heterocycles. The van der Waals surface area contributed by atoms with Crippen molar-refractivity contribution in [1.82, 2.24) is 4.90 Å². The third-order valence-electron chi connectivity index (χ3n) is 3.68. The van der Waals surface area contributed by atoms with E-state index in [1.807, 2.05) is 0 Å². The van der Waals surface area contributed by atoms with Crippen molar-refractivity contribution in [2.24, 2.45) is 5.92 Å². The Morgan fingerprint density at radius 1 is 1.27 bits per heavy atom. The van der Waals surface area contributed by atoms with E-state index in [1.165, 1.54) is 32.1 Å². The summed E-state index contributed by atoms with van der Waals surface area (Å²) < 4.78 is 0. The minimum atomic E-state index is 0.716. The molecule has 2 unspecified atom stereocenters. The first-order chi connectivity index (χ1) is 7.25. The lowest BCUT2D eigenvalue weighted by Gasteiger charge is -2.36. The quantitative estimate of drug-likeness (QED) is 0.649. The van der Waals surface area contributed by atoms with Crippen molar-refractivity contribution in [2.45, 2.75) is 57.9 Å². The SMILES string of the molecule is CC1CCCCC1N(C)CCCCC#N. The summed E-state index contributed by atoms with van der Waals surface area (Å²) in [5.41, 5.74) is 0. The highest BCUT2D eigenvalue weighted by Gasteiger charge is 2.24. The molecule has 1 fully saturated rings. The van der Waals surface area contributed by atoms with Gasteiger partial charge in [0.25, 0.3) is 0 Å². The van der Waals surface area contributed by atoms with Gasteiger partial charge in [-0.3, -0.25) is 0 Å². The zero-order chi connectivity index (χ0) is 11.1. The Morgan fingerprint density at radius 3 is 2.67 bits per heavy atom. The lowest BCUT2D eigenvalue weighted by atomic mass is 9.85. The average molecular weight is 208 g/mol. The summed E-state index contributed by atoms with van der Waals surface area (Å²) in [6.45, 7) is 3.55. The van der Waals surface area contributed by atoms with Gasteiger partial charge in [-0.15, -0.1) is 0 Å². The fourth-order valence-electron chi connectivity index (χ4n) is 2.68. The van der Waals surface area contributed by atoms with Crippen LogP contribution in [-0.2, 0) is 0 Å². The standard InChI is InChI=1S/C13H24N2/c1-12-8-4-5-9-13(12)15(2)11-7-3-6-10-14/h12-13H,3-9,11H2,1-2H3.